The van der Waals surface area contributed by atoms with Crippen LogP contribution in [-0.4, -0.2) is 21.4 Å². The topological polar surface area (TPSA) is 89.8 Å². The zero-order chi connectivity index (χ0) is 14.1. The molecule has 0 radical (unpaired) electrons. The Kier molecular flexibility index (Phi) is 3.12. The van der Waals surface area contributed by atoms with Gasteiger partial charge in [-0.25, -0.2) is 4.98 Å². The van der Waals surface area contributed by atoms with Crippen LogP contribution in [0.2, 0.25) is 0 Å². The number of nitriles is 1. The monoisotopic (exact) mass is 269 g/mol. The molecule has 2 aromatic heterocycles. The fourth-order valence-electron chi connectivity index (χ4n) is 2.40. The predicted octanol–water partition coefficient (Wildman–Crippen LogP) is 1.88. The Labute approximate surface area is 116 Å². The van der Waals surface area contributed by atoms with Crippen molar-refractivity contribution in [1.29, 1.82) is 5.26 Å². The van der Waals surface area contributed by atoms with Crippen LogP contribution in [0.5, 0.6) is 0 Å². The Morgan fingerprint density at radius 3 is 3.00 bits per heavy atom. The number of nitrogen functional groups attached to an aromatic ring is 1. The number of hydrogen-bond acceptors (Lipinski definition) is 5. The molecule has 1 aliphatic heterocycles. The quantitative estimate of drug-likeness (QED) is 0.899. The highest BCUT2D eigenvalue weighted by Crippen LogP contribution is 2.32. The summed E-state index contributed by atoms with van der Waals surface area (Å²) in [6.07, 6.45) is 1.70. The highest BCUT2D eigenvalue weighted by molar-refractivity contribution is 5.55. The standard InChI is InChI=1S/C14H15N5O/c1-9-4-2-6-12(17-9)19-14(16)10(8-15)13(18-19)11-5-3-7-20-11/h2,4,6,11H,3,5,7,16H2,1H3/t11-/m0/s1. The summed E-state index contributed by atoms with van der Waals surface area (Å²) in [4.78, 5) is 4.39. The smallest absolute Gasteiger partial charge is 0.156 e. The molecule has 1 aliphatic rings. The summed E-state index contributed by atoms with van der Waals surface area (Å²) >= 11 is 0. The third kappa shape index (κ3) is 2.02. The number of hydrogen-bond donors (Lipinski definition) is 1. The van der Waals surface area contributed by atoms with Gasteiger partial charge in [-0.1, -0.05) is 6.07 Å². The number of nitrogens with zero attached hydrogens (tertiary/aromatic N) is 4. The van der Waals surface area contributed by atoms with Crippen LogP contribution >= 0.6 is 0 Å². The van der Waals surface area contributed by atoms with Crippen molar-refractivity contribution in [2.24, 2.45) is 0 Å². The van der Waals surface area contributed by atoms with Crippen LogP contribution in [0.4, 0.5) is 5.82 Å². The number of nitrogens with two attached hydrogens (primary N) is 1. The van der Waals surface area contributed by atoms with Crippen molar-refractivity contribution < 1.29 is 4.74 Å². The molecule has 0 saturated carbocycles. The van der Waals surface area contributed by atoms with Gasteiger partial charge >= 0.3 is 0 Å². The maximum atomic E-state index is 9.32. The van der Waals surface area contributed by atoms with Crippen molar-refractivity contribution in [2.45, 2.75) is 25.9 Å². The first-order chi connectivity index (χ1) is 9.70. The van der Waals surface area contributed by atoms with E-state index in [4.69, 9.17) is 10.5 Å². The summed E-state index contributed by atoms with van der Waals surface area (Å²) in [5.41, 5.74) is 7.92. The van der Waals surface area contributed by atoms with E-state index in [1.165, 1.54) is 4.68 Å². The van der Waals surface area contributed by atoms with Crippen molar-refractivity contribution in [3.63, 3.8) is 0 Å². The summed E-state index contributed by atoms with van der Waals surface area (Å²) in [6.45, 7) is 2.60. The Morgan fingerprint density at radius 2 is 2.35 bits per heavy atom. The van der Waals surface area contributed by atoms with E-state index < -0.39 is 0 Å². The molecule has 0 amide bonds. The molecule has 3 heterocycles. The highest BCUT2D eigenvalue weighted by Gasteiger charge is 2.27. The average molecular weight is 269 g/mol. The van der Waals surface area contributed by atoms with E-state index in [9.17, 15) is 5.26 Å². The number of aryl methyl sites for hydroxylation is 1. The van der Waals surface area contributed by atoms with E-state index in [-0.39, 0.29) is 6.10 Å². The van der Waals surface area contributed by atoms with Crippen LogP contribution in [0.15, 0.2) is 18.2 Å². The predicted molar refractivity (Wildman–Crippen MR) is 73.2 cm³/mol. The molecule has 102 valence electrons. The average Bonchev–Trinajstić information content (AvgIpc) is 3.05. The Bertz CT molecular complexity index is 679. The van der Waals surface area contributed by atoms with Gasteiger partial charge < -0.3 is 10.5 Å². The molecule has 1 atom stereocenters. The second-order valence-corrected chi connectivity index (χ2v) is 4.81. The second-order valence-electron chi connectivity index (χ2n) is 4.81. The molecule has 2 N–H and O–H groups in total. The van der Waals surface area contributed by atoms with Crippen LogP contribution in [0.1, 0.15) is 35.9 Å². The minimum atomic E-state index is -0.141. The summed E-state index contributed by atoms with van der Waals surface area (Å²) in [5, 5.41) is 13.8. The summed E-state index contributed by atoms with van der Waals surface area (Å²) in [6, 6.07) is 7.73. The first kappa shape index (κ1) is 12.6. The number of ether oxygens (including phenoxy) is 1. The van der Waals surface area contributed by atoms with Crippen LogP contribution in [-0.2, 0) is 4.74 Å². The lowest BCUT2D eigenvalue weighted by atomic mass is 10.1. The third-order valence-electron chi connectivity index (χ3n) is 3.39. The molecule has 1 saturated heterocycles. The fraction of sp³-hybridized carbons (Fsp3) is 0.357. The van der Waals surface area contributed by atoms with Gasteiger partial charge in [-0.05, 0) is 31.9 Å². The minimum absolute atomic E-state index is 0.141. The van der Waals surface area contributed by atoms with Crippen LogP contribution in [0, 0.1) is 18.3 Å². The number of pyridine rings is 1. The number of rotatable bonds is 2. The molecular weight excluding hydrogens is 254 g/mol. The SMILES string of the molecule is Cc1cccc(-n2nc([C@@H]3CCCO3)c(C#N)c2N)n1. The zero-order valence-corrected chi connectivity index (χ0v) is 11.2. The van der Waals surface area contributed by atoms with Crippen molar-refractivity contribution in [3.8, 4) is 11.9 Å². The van der Waals surface area contributed by atoms with Gasteiger partial charge in [0.1, 0.15) is 29.2 Å². The normalized spacial score (nSPS) is 18.1. The fourth-order valence-corrected chi connectivity index (χ4v) is 2.40. The van der Waals surface area contributed by atoms with Gasteiger partial charge in [-0.2, -0.15) is 15.0 Å². The molecule has 0 spiro atoms. The maximum Gasteiger partial charge on any atom is 0.156 e. The van der Waals surface area contributed by atoms with Crippen molar-refractivity contribution >= 4 is 5.82 Å². The maximum absolute atomic E-state index is 9.32. The highest BCUT2D eigenvalue weighted by atomic mass is 16.5. The first-order valence-corrected chi connectivity index (χ1v) is 6.55. The Balaban J connectivity index is 2.11. The molecule has 0 aliphatic carbocycles. The van der Waals surface area contributed by atoms with E-state index >= 15 is 0 Å². The summed E-state index contributed by atoms with van der Waals surface area (Å²) in [5.74, 6) is 0.930. The first-order valence-electron chi connectivity index (χ1n) is 6.55. The van der Waals surface area contributed by atoms with E-state index in [0.717, 1.165) is 18.5 Å². The third-order valence-corrected chi connectivity index (χ3v) is 3.39. The minimum Gasteiger partial charge on any atom is -0.382 e. The van der Waals surface area contributed by atoms with E-state index in [2.05, 4.69) is 16.2 Å². The zero-order valence-electron chi connectivity index (χ0n) is 11.2. The van der Waals surface area contributed by atoms with Gasteiger partial charge in [-0.3, -0.25) is 0 Å². The van der Waals surface area contributed by atoms with Crippen molar-refractivity contribution in [3.05, 3.63) is 35.2 Å². The molecule has 0 bridgehead atoms. The lowest BCUT2D eigenvalue weighted by molar-refractivity contribution is 0.108. The van der Waals surface area contributed by atoms with E-state index in [1.54, 1.807) is 0 Å². The molecule has 1 fully saturated rings. The van der Waals surface area contributed by atoms with Gasteiger partial charge in [0, 0.05) is 12.3 Å². The largest absolute Gasteiger partial charge is 0.382 e. The van der Waals surface area contributed by atoms with Gasteiger partial charge in [0.2, 0.25) is 0 Å². The molecule has 2 aromatic rings. The van der Waals surface area contributed by atoms with Gasteiger partial charge in [0.15, 0.2) is 5.82 Å². The van der Waals surface area contributed by atoms with Crippen LogP contribution < -0.4 is 5.73 Å². The lowest BCUT2D eigenvalue weighted by Gasteiger charge is -2.05. The molecule has 6 nitrogen and oxygen atoms in total. The van der Waals surface area contributed by atoms with Gasteiger partial charge in [0.05, 0.1) is 0 Å². The summed E-state index contributed by atoms with van der Waals surface area (Å²) in [7, 11) is 0. The molecule has 0 unspecified atom stereocenters. The number of aromatic nitrogens is 3. The summed E-state index contributed by atoms with van der Waals surface area (Å²) < 4.78 is 7.12. The second kappa shape index (κ2) is 4.94. The molecule has 20 heavy (non-hydrogen) atoms. The van der Waals surface area contributed by atoms with Crippen LogP contribution in [0.3, 0.4) is 0 Å². The molecule has 3 rings (SSSR count). The van der Waals surface area contributed by atoms with Crippen molar-refractivity contribution in [2.75, 3.05) is 12.3 Å². The Morgan fingerprint density at radius 1 is 1.50 bits per heavy atom. The van der Waals surface area contributed by atoms with E-state index in [0.29, 0.717) is 29.5 Å². The van der Waals surface area contributed by atoms with Gasteiger partial charge in [-0.15, -0.1) is 0 Å². The molecule has 0 aromatic carbocycles. The van der Waals surface area contributed by atoms with E-state index in [1.807, 2.05) is 25.1 Å². The van der Waals surface area contributed by atoms with Crippen molar-refractivity contribution in [1.82, 2.24) is 14.8 Å². The molecular formula is C14H15N5O. The number of anilines is 1. The lowest BCUT2D eigenvalue weighted by Crippen LogP contribution is -2.05. The van der Waals surface area contributed by atoms with Gasteiger partial charge in [0.25, 0.3) is 0 Å². The Hall–Kier alpha value is -2.39. The molecule has 6 heteroatoms. The van der Waals surface area contributed by atoms with Crippen LogP contribution in [0.25, 0.3) is 5.82 Å².